The molecule has 0 aromatic heterocycles. The SMILES string of the molecule is CSCC[C@H](NC(=O)[C@H](CO)NC(=O)[C@H](CCCNC(=N)N)NC(=O)[C@H](CC(C)C)NC(=O)[C@H](CCCCN)NC(=O)[C@H](CCCCN)NC(=O)[C@H](CCC(N)=O)NC(=O)[C@H](Cc1ccc(O)cc1)NC(=O)CNC(=O)[C@@H](N)CCSC)C(=O)N[C@H](C(=O)N[C@@H](CC(=O)O)C(=O)N[C@H](CCCCN)C(=O)N[C@@H](Cc1ccc(O)cc1)C(=O)N[C@@H](CCCNC(=N)N)C(=O)N[C@@H](CC(C)C)C(=O)O)[C@@H](C)O. The predicted molar refractivity (Wildman–Crippen MR) is 521 cm³/mol. The van der Waals surface area contributed by atoms with Crippen LogP contribution in [0.1, 0.15) is 174 Å². The van der Waals surface area contributed by atoms with Crippen molar-refractivity contribution in [3.8, 4) is 11.5 Å². The molecule has 2 aromatic carbocycles. The molecule has 0 unspecified atom stereocenters. The van der Waals surface area contributed by atoms with Crippen molar-refractivity contribution in [3.63, 3.8) is 0 Å². The third-order valence-electron chi connectivity index (χ3n) is 21.5. The first-order chi connectivity index (χ1) is 66.2. The van der Waals surface area contributed by atoms with E-state index in [4.69, 9.17) is 51.0 Å². The zero-order chi connectivity index (χ0) is 105. The van der Waals surface area contributed by atoms with E-state index in [9.17, 15) is 117 Å². The highest BCUT2D eigenvalue weighted by molar-refractivity contribution is 7.98. The summed E-state index contributed by atoms with van der Waals surface area (Å²) in [6.45, 7) is 6.36. The minimum atomic E-state index is -2.12. The molecular formula is C88H148N26O24S2. The number of amides is 16. The highest BCUT2D eigenvalue weighted by atomic mass is 32.2. The molecule has 2 rings (SSSR count). The van der Waals surface area contributed by atoms with Gasteiger partial charge in [0.25, 0.3) is 0 Å². The standard InChI is InChI=1S/C88H148N26O24S2/c1-47(2)40-62(109-74(125)56(17-9-12-34-90)102-73(124)55(16-8-11-33-89)103-78(129)60(29-30-68(93)119)107-81(132)63(42-50-21-25-52(117)26-22-50)101-69(120)45-100-72(123)54(92)31-38-139-6)80(131)105-59(20-15-37-99-88(96)97)77(128)113-67(46-115)84(135)108-61(32-39-140-7)79(130)114-71(49(5)116)85(136)111-65(44-70(121)122)83(134)104-57(18-10-13-35-91)75(126)110-64(43-51-23-27-53(118)28-24-51)82(133)106-58(19-14-36-98-87(94)95)76(127)112-66(86(137)138)41-48(3)4/h21-28,47-49,54-67,71,115-118H,8-20,29-46,89-92H2,1-7H3,(H2,93,119)(H,100,123)(H,101,120)(H,102,124)(H,103,129)(H,104,134)(H,105,131)(H,106,133)(H,107,132)(H,108,135)(H,109,125)(H,110,126)(H,111,136)(H,112,127)(H,113,128)(H,114,130)(H,121,122)(H,137,138)(H4,94,95,98)(H4,96,97,99)/t49-,54+,55+,56+,57-,58+,59+,60+,61+,62+,63+,64+,65+,66+,67+,71+/m1/s1. The Hall–Kier alpha value is -12.5. The molecule has 0 heterocycles. The minimum absolute atomic E-state index is 0.00383. The number of nitrogens with two attached hydrogens (primary N) is 7. The molecule has 0 spiro atoms. The third kappa shape index (κ3) is 50.4. The number of carboxylic acid groups (broad SMARTS) is 2. The number of primary amides is 1. The first kappa shape index (κ1) is 124. The summed E-state index contributed by atoms with van der Waals surface area (Å²) in [4.78, 5) is 252. The summed E-state index contributed by atoms with van der Waals surface area (Å²) < 4.78 is 0. The monoisotopic (exact) mass is 2020 g/mol. The topological polar surface area (TPSA) is 863 Å². The van der Waals surface area contributed by atoms with E-state index in [1.54, 1.807) is 34.0 Å². The molecule has 0 fully saturated rings. The van der Waals surface area contributed by atoms with Crippen molar-refractivity contribution in [2.45, 2.75) is 273 Å². The molecule has 0 saturated carbocycles. The molecule has 16 amide bonds. The maximum Gasteiger partial charge on any atom is 0.326 e. The van der Waals surface area contributed by atoms with Gasteiger partial charge in [-0.3, -0.25) is 92.3 Å². The van der Waals surface area contributed by atoms with Gasteiger partial charge in [0.15, 0.2) is 11.9 Å². The van der Waals surface area contributed by atoms with E-state index in [0.29, 0.717) is 36.1 Å². The Morgan fingerprint density at radius 3 is 1.04 bits per heavy atom. The number of thioether (sulfide) groups is 2. The molecule has 50 nitrogen and oxygen atoms in total. The molecule has 2 aromatic rings. The van der Waals surface area contributed by atoms with Crippen LogP contribution < -0.4 is 131 Å². The normalized spacial score (nSPS) is 14.6. The fourth-order valence-electron chi connectivity index (χ4n) is 13.9. The van der Waals surface area contributed by atoms with E-state index in [1.165, 1.54) is 72.1 Å². The lowest BCUT2D eigenvalue weighted by Gasteiger charge is -2.29. The quantitative estimate of drug-likeness (QED) is 0.0166. The molecule has 39 N–H and O–H groups in total. The van der Waals surface area contributed by atoms with Crippen molar-refractivity contribution in [1.29, 1.82) is 10.8 Å². The maximum atomic E-state index is 14.8. The highest BCUT2D eigenvalue weighted by Gasteiger charge is 2.40. The molecular weight excluding hydrogens is 1870 g/mol. The first-order valence-electron chi connectivity index (χ1n) is 46.3. The number of carbonyl (C=O) groups is 18. The number of aromatic hydroxyl groups is 2. The van der Waals surface area contributed by atoms with Gasteiger partial charge in [-0.1, -0.05) is 52.0 Å². The number of aliphatic carboxylic acids is 2. The van der Waals surface area contributed by atoms with Crippen molar-refractivity contribution >= 4 is 142 Å². The molecule has 52 heteroatoms. The Balaban J connectivity index is 2.60. The van der Waals surface area contributed by atoms with Crippen molar-refractivity contribution in [1.82, 2.24) is 90.4 Å². The summed E-state index contributed by atoms with van der Waals surface area (Å²) >= 11 is 2.62. The van der Waals surface area contributed by atoms with Gasteiger partial charge in [0.1, 0.15) is 96.1 Å². The Morgan fingerprint density at radius 2 is 0.679 bits per heavy atom. The number of unbranched alkanes of at least 4 members (excludes halogenated alkanes) is 3. The van der Waals surface area contributed by atoms with Gasteiger partial charge in [0, 0.05) is 32.4 Å². The molecule has 0 aliphatic rings. The third-order valence-corrected chi connectivity index (χ3v) is 22.8. The molecule has 786 valence electrons. The van der Waals surface area contributed by atoms with Crippen LogP contribution in [0, 0.1) is 22.7 Å². The number of carbonyl (C=O) groups excluding carboxylic acids is 16. The van der Waals surface area contributed by atoms with Crippen molar-refractivity contribution in [3.05, 3.63) is 59.7 Å². The average molecular weight is 2020 g/mol. The number of aliphatic hydroxyl groups is 2. The van der Waals surface area contributed by atoms with Crippen LogP contribution >= 0.6 is 23.5 Å². The number of guanidine groups is 2. The van der Waals surface area contributed by atoms with Crippen molar-refractivity contribution in [2.24, 2.45) is 52.0 Å². The largest absolute Gasteiger partial charge is 0.508 e. The van der Waals surface area contributed by atoms with Gasteiger partial charge >= 0.3 is 11.9 Å². The van der Waals surface area contributed by atoms with Crippen LogP contribution in [0.15, 0.2) is 48.5 Å². The van der Waals surface area contributed by atoms with Crippen LogP contribution in [0.2, 0.25) is 0 Å². The lowest BCUT2D eigenvalue weighted by molar-refractivity contribution is -0.143. The lowest BCUT2D eigenvalue weighted by Crippen LogP contribution is -2.62. The Kier molecular flexibility index (Phi) is 59.8. The Morgan fingerprint density at radius 1 is 0.364 bits per heavy atom. The van der Waals surface area contributed by atoms with Crippen LogP contribution in [0.4, 0.5) is 0 Å². The highest BCUT2D eigenvalue weighted by Crippen LogP contribution is 2.19. The second-order valence-electron chi connectivity index (χ2n) is 34.4. The molecule has 16 atom stereocenters. The van der Waals surface area contributed by atoms with Crippen LogP contribution in [0.5, 0.6) is 11.5 Å². The van der Waals surface area contributed by atoms with Gasteiger partial charge in [0.2, 0.25) is 94.5 Å². The fourth-order valence-corrected chi connectivity index (χ4v) is 14.9. The zero-order valence-corrected chi connectivity index (χ0v) is 82.0. The van der Waals surface area contributed by atoms with Gasteiger partial charge in [-0.05, 0) is 213 Å². The molecule has 0 radical (unpaired) electrons. The van der Waals surface area contributed by atoms with Crippen LogP contribution in [-0.4, -0.2) is 316 Å². The summed E-state index contributed by atoms with van der Waals surface area (Å²) in [5.41, 5.74) is 40.8. The van der Waals surface area contributed by atoms with E-state index >= 15 is 0 Å². The number of rotatable bonds is 72. The zero-order valence-electron chi connectivity index (χ0n) is 80.3. The molecule has 0 bridgehead atoms. The number of carboxylic acids is 2. The molecule has 140 heavy (non-hydrogen) atoms. The van der Waals surface area contributed by atoms with Crippen LogP contribution in [-0.2, 0) is 99.1 Å². The van der Waals surface area contributed by atoms with E-state index < -0.39 is 253 Å². The predicted octanol–water partition coefficient (Wildman–Crippen LogP) is -7.18. The second kappa shape index (κ2) is 67.7. The average Bonchev–Trinajstić information content (AvgIpc) is 0.845. The smallest absolute Gasteiger partial charge is 0.326 e. The molecule has 0 aliphatic heterocycles. The summed E-state index contributed by atoms with van der Waals surface area (Å²) in [7, 11) is 0. The van der Waals surface area contributed by atoms with Crippen molar-refractivity contribution in [2.75, 3.05) is 69.9 Å². The van der Waals surface area contributed by atoms with E-state index in [-0.39, 0.29) is 159 Å². The van der Waals surface area contributed by atoms with Gasteiger partial charge in [-0.25, -0.2) is 4.79 Å². The molecule has 0 saturated heterocycles. The summed E-state index contributed by atoms with van der Waals surface area (Å²) in [6.07, 6.45) is -0.772. The number of hydrogen-bond acceptors (Lipinski definition) is 30. The second-order valence-corrected chi connectivity index (χ2v) is 36.4. The summed E-state index contributed by atoms with van der Waals surface area (Å²) in [6, 6.07) is -13.3. The van der Waals surface area contributed by atoms with E-state index in [0.717, 1.165) is 6.92 Å². The van der Waals surface area contributed by atoms with E-state index in [2.05, 4.69) is 90.4 Å². The Bertz CT molecular complexity index is 4360. The minimum Gasteiger partial charge on any atom is -0.508 e. The number of hydrogen-bond donors (Lipinski definition) is 32. The number of phenols is 2. The van der Waals surface area contributed by atoms with Gasteiger partial charge in [0.05, 0.1) is 31.7 Å². The van der Waals surface area contributed by atoms with Crippen LogP contribution in [0.3, 0.4) is 0 Å². The van der Waals surface area contributed by atoms with E-state index in [1.807, 2.05) is 6.26 Å². The number of benzene rings is 2. The number of aliphatic hydroxyl groups excluding tert-OH is 2. The van der Waals surface area contributed by atoms with Gasteiger partial charge in [-0.15, -0.1) is 0 Å². The molecule has 0 aliphatic carbocycles. The summed E-state index contributed by atoms with van der Waals surface area (Å²) in [5.74, 6) is -20.8. The lowest BCUT2D eigenvalue weighted by atomic mass is 10.0. The Labute approximate surface area is 821 Å². The number of nitrogens with one attached hydrogen (secondary N) is 19. The summed E-state index contributed by atoms with van der Waals surface area (Å²) in [5, 5.41) is 120. The maximum absolute atomic E-state index is 14.8. The van der Waals surface area contributed by atoms with Crippen LogP contribution in [0.25, 0.3) is 0 Å². The van der Waals surface area contributed by atoms with Gasteiger partial charge < -0.3 is 161 Å². The van der Waals surface area contributed by atoms with Crippen molar-refractivity contribution < 1.29 is 117 Å². The first-order valence-corrected chi connectivity index (χ1v) is 49.1. The fraction of sp³-hybridized carbons (Fsp3) is 0.636. The van der Waals surface area contributed by atoms with Gasteiger partial charge in [-0.2, -0.15) is 23.5 Å². The number of phenolic OH excluding ortho intramolecular Hbond substituents is 2.